The Hall–Kier alpha value is -1.10. The van der Waals surface area contributed by atoms with Crippen molar-refractivity contribution < 1.29 is 9.53 Å². The Morgan fingerprint density at radius 2 is 1.96 bits per heavy atom. The second-order valence-corrected chi connectivity index (χ2v) is 7.60. The summed E-state index contributed by atoms with van der Waals surface area (Å²) in [6.07, 6.45) is 4.54. The second-order valence-electron chi connectivity index (χ2n) is 7.17. The summed E-state index contributed by atoms with van der Waals surface area (Å²) in [6.45, 7) is 5.77. The Labute approximate surface area is 149 Å². The third kappa shape index (κ3) is 4.95. The van der Waals surface area contributed by atoms with E-state index in [4.69, 9.17) is 16.3 Å². The number of morpholine rings is 1. The van der Waals surface area contributed by atoms with Crippen LogP contribution in [-0.4, -0.2) is 48.7 Å². The fourth-order valence-electron chi connectivity index (χ4n) is 3.39. The van der Waals surface area contributed by atoms with E-state index in [1.54, 1.807) is 0 Å². The van der Waals surface area contributed by atoms with E-state index in [1.165, 1.54) is 5.56 Å². The molecule has 24 heavy (non-hydrogen) atoms. The third-order valence-electron chi connectivity index (χ3n) is 5.17. The van der Waals surface area contributed by atoms with Crippen molar-refractivity contribution in [1.82, 2.24) is 10.2 Å². The zero-order valence-electron chi connectivity index (χ0n) is 14.4. The van der Waals surface area contributed by atoms with E-state index < -0.39 is 0 Å². The smallest absolute Gasteiger partial charge is 0.220 e. The van der Waals surface area contributed by atoms with Crippen molar-refractivity contribution in [1.29, 1.82) is 0 Å². The Kier molecular flexibility index (Phi) is 5.80. The van der Waals surface area contributed by atoms with Crippen LogP contribution in [0.1, 0.15) is 38.2 Å². The molecule has 0 bridgehead atoms. The van der Waals surface area contributed by atoms with Crippen molar-refractivity contribution in [2.24, 2.45) is 0 Å². The highest BCUT2D eigenvalue weighted by atomic mass is 35.5. The van der Waals surface area contributed by atoms with Gasteiger partial charge in [-0.3, -0.25) is 9.69 Å². The number of nitrogens with zero attached hydrogens (tertiary/aromatic N) is 1. The molecule has 1 heterocycles. The minimum atomic E-state index is -0.0207. The molecule has 4 nitrogen and oxygen atoms in total. The number of rotatable bonds is 7. The van der Waals surface area contributed by atoms with Crippen molar-refractivity contribution in [3.8, 4) is 0 Å². The molecule has 0 aromatic heterocycles. The van der Waals surface area contributed by atoms with Gasteiger partial charge in [-0.05, 0) is 50.3 Å². The highest BCUT2D eigenvalue weighted by Gasteiger charge is 2.43. The quantitative estimate of drug-likeness (QED) is 0.821. The highest BCUT2D eigenvalue weighted by molar-refractivity contribution is 6.30. The van der Waals surface area contributed by atoms with Gasteiger partial charge in [0.15, 0.2) is 0 Å². The monoisotopic (exact) mass is 350 g/mol. The lowest BCUT2D eigenvalue weighted by molar-refractivity contribution is -0.122. The van der Waals surface area contributed by atoms with Crippen LogP contribution >= 0.6 is 11.6 Å². The molecule has 0 spiro atoms. The fraction of sp³-hybridized carbons (Fsp3) is 0.632. The lowest BCUT2D eigenvalue weighted by Gasteiger charge is -2.32. The number of halogens is 1. The van der Waals surface area contributed by atoms with Gasteiger partial charge >= 0.3 is 0 Å². The minimum absolute atomic E-state index is 0.0207. The maximum atomic E-state index is 12.4. The van der Waals surface area contributed by atoms with Crippen molar-refractivity contribution >= 4 is 17.5 Å². The largest absolute Gasteiger partial charge is 0.379 e. The summed E-state index contributed by atoms with van der Waals surface area (Å²) in [6, 6.07) is 8.37. The maximum absolute atomic E-state index is 12.4. The molecule has 1 atom stereocenters. The number of hydrogen-bond acceptors (Lipinski definition) is 3. The lowest BCUT2D eigenvalue weighted by atomic mass is 10.0. The first-order valence-corrected chi connectivity index (χ1v) is 9.31. The third-order valence-corrected chi connectivity index (χ3v) is 5.42. The summed E-state index contributed by atoms with van der Waals surface area (Å²) >= 11 is 5.94. The van der Waals surface area contributed by atoms with E-state index in [0.29, 0.717) is 12.5 Å². The molecule has 2 fully saturated rings. The summed E-state index contributed by atoms with van der Waals surface area (Å²) < 4.78 is 5.38. The second kappa shape index (κ2) is 7.85. The zero-order chi connectivity index (χ0) is 17.0. The first-order chi connectivity index (χ1) is 11.6. The molecule has 1 N–H and O–H groups in total. The van der Waals surface area contributed by atoms with Crippen LogP contribution in [0.3, 0.4) is 0 Å². The number of amides is 1. The van der Waals surface area contributed by atoms with Crippen LogP contribution in [-0.2, 0) is 16.0 Å². The molecule has 1 aliphatic carbocycles. The first-order valence-electron chi connectivity index (χ1n) is 8.94. The maximum Gasteiger partial charge on any atom is 0.220 e. The van der Waals surface area contributed by atoms with E-state index in [2.05, 4.69) is 29.3 Å². The van der Waals surface area contributed by atoms with Gasteiger partial charge < -0.3 is 10.1 Å². The molecule has 5 heteroatoms. The normalized spacial score (nSPS) is 21.2. The summed E-state index contributed by atoms with van der Waals surface area (Å²) in [5.41, 5.74) is 1.21. The van der Waals surface area contributed by atoms with Crippen LogP contribution in [0.4, 0.5) is 0 Å². The summed E-state index contributed by atoms with van der Waals surface area (Å²) in [5, 5.41) is 4.03. The summed E-state index contributed by atoms with van der Waals surface area (Å²) in [4.78, 5) is 14.8. The lowest BCUT2D eigenvalue weighted by Crippen LogP contribution is -2.43. The molecular formula is C19H27ClN2O2. The molecule has 1 saturated heterocycles. The van der Waals surface area contributed by atoms with Crippen molar-refractivity contribution in [2.45, 2.75) is 50.6 Å². The van der Waals surface area contributed by atoms with Gasteiger partial charge in [0.2, 0.25) is 5.91 Å². The van der Waals surface area contributed by atoms with Gasteiger partial charge in [0.25, 0.3) is 0 Å². The molecule has 1 amide bonds. The SMILES string of the molecule is CC(CCC(=O)NC1(Cc2ccc(Cl)cc2)CC1)N1CCOCC1. The van der Waals surface area contributed by atoms with E-state index in [0.717, 1.165) is 57.0 Å². The molecule has 0 radical (unpaired) electrons. The van der Waals surface area contributed by atoms with Gasteiger partial charge in [0.05, 0.1) is 13.2 Å². The number of benzene rings is 1. The van der Waals surface area contributed by atoms with Crippen molar-refractivity contribution in [2.75, 3.05) is 26.3 Å². The van der Waals surface area contributed by atoms with E-state index in [9.17, 15) is 4.79 Å². The van der Waals surface area contributed by atoms with E-state index in [1.807, 2.05) is 12.1 Å². The van der Waals surface area contributed by atoms with Gasteiger partial charge in [-0.25, -0.2) is 0 Å². The van der Waals surface area contributed by atoms with Gasteiger partial charge in [-0.2, -0.15) is 0 Å². The molecule has 3 rings (SSSR count). The van der Waals surface area contributed by atoms with Crippen LogP contribution in [0.25, 0.3) is 0 Å². The number of carbonyl (C=O) groups excluding carboxylic acids is 1. The minimum Gasteiger partial charge on any atom is -0.379 e. The Morgan fingerprint density at radius 1 is 1.29 bits per heavy atom. The number of carbonyl (C=O) groups is 1. The topological polar surface area (TPSA) is 41.6 Å². The van der Waals surface area contributed by atoms with Crippen LogP contribution < -0.4 is 5.32 Å². The Bertz CT molecular complexity index is 551. The molecule has 1 aliphatic heterocycles. The molecule has 2 aliphatic rings. The summed E-state index contributed by atoms with van der Waals surface area (Å²) in [7, 11) is 0. The highest BCUT2D eigenvalue weighted by Crippen LogP contribution is 2.39. The molecular weight excluding hydrogens is 324 g/mol. The van der Waals surface area contributed by atoms with Gasteiger partial charge in [-0.1, -0.05) is 23.7 Å². The summed E-state index contributed by atoms with van der Waals surface area (Å²) in [5.74, 6) is 0.182. The molecule has 1 aromatic carbocycles. The van der Waals surface area contributed by atoms with Crippen molar-refractivity contribution in [3.05, 3.63) is 34.9 Å². The molecule has 1 aromatic rings. The number of ether oxygens (including phenoxy) is 1. The van der Waals surface area contributed by atoms with Gasteiger partial charge in [0.1, 0.15) is 0 Å². The predicted octanol–water partition coefficient (Wildman–Crippen LogP) is 3.03. The van der Waals surface area contributed by atoms with Gasteiger partial charge in [0, 0.05) is 36.1 Å². The standard InChI is InChI=1S/C19H27ClN2O2/c1-15(22-10-12-24-13-11-22)2-7-18(23)21-19(8-9-19)14-16-3-5-17(20)6-4-16/h3-6,15H,2,7-14H2,1H3,(H,21,23). The zero-order valence-corrected chi connectivity index (χ0v) is 15.1. The Balaban J connectivity index is 1.43. The predicted molar refractivity (Wildman–Crippen MR) is 96.4 cm³/mol. The average molecular weight is 351 g/mol. The molecule has 1 saturated carbocycles. The Morgan fingerprint density at radius 3 is 2.58 bits per heavy atom. The fourth-order valence-corrected chi connectivity index (χ4v) is 3.51. The van der Waals surface area contributed by atoms with Crippen LogP contribution in [0, 0.1) is 0 Å². The number of hydrogen-bond donors (Lipinski definition) is 1. The van der Waals surface area contributed by atoms with Crippen LogP contribution in [0.2, 0.25) is 5.02 Å². The van der Waals surface area contributed by atoms with E-state index >= 15 is 0 Å². The van der Waals surface area contributed by atoms with E-state index in [-0.39, 0.29) is 11.4 Å². The van der Waals surface area contributed by atoms with Crippen molar-refractivity contribution in [3.63, 3.8) is 0 Å². The van der Waals surface area contributed by atoms with Gasteiger partial charge in [-0.15, -0.1) is 0 Å². The van der Waals surface area contributed by atoms with Crippen LogP contribution in [0.15, 0.2) is 24.3 Å². The average Bonchev–Trinajstić information content (AvgIpc) is 3.34. The first kappa shape index (κ1) is 17.7. The number of nitrogens with one attached hydrogen (secondary N) is 1. The molecule has 1 unspecified atom stereocenters. The molecule has 132 valence electrons. The van der Waals surface area contributed by atoms with Crippen LogP contribution in [0.5, 0.6) is 0 Å².